The Hall–Kier alpha value is -1.80. The summed E-state index contributed by atoms with van der Waals surface area (Å²) in [7, 11) is 1.67. The number of rotatable bonds is 5. The third-order valence-electron chi connectivity index (χ3n) is 4.78. The largest absolute Gasteiger partial charge is 0.378 e. The quantitative estimate of drug-likeness (QED) is 0.892. The molecule has 24 heavy (non-hydrogen) atoms. The molecule has 0 radical (unpaired) electrons. The number of ether oxygens (including phenoxy) is 3. The first-order chi connectivity index (χ1) is 11.7. The highest BCUT2D eigenvalue weighted by molar-refractivity contribution is 5.18. The van der Waals surface area contributed by atoms with Crippen LogP contribution in [-0.4, -0.2) is 46.2 Å². The van der Waals surface area contributed by atoms with Crippen LogP contribution in [0.2, 0.25) is 0 Å². The normalized spacial score (nSPS) is 30.4. The predicted molar refractivity (Wildman–Crippen MR) is 84.0 cm³/mol. The highest BCUT2D eigenvalue weighted by atomic mass is 16.7. The Morgan fingerprint density at radius 1 is 1.42 bits per heavy atom. The summed E-state index contributed by atoms with van der Waals surface area (Å²) in [5.41, 5.74) is 0.315. The van der Waals surface area contributed by atoms with Gasteiger partial charge in [-0.1, -0.05) is 35.5 Å². The molecule has 0 saturated carbocycles. The van der Waals surface area contributed by atoms with Gasteiger partial charge in [0.1, 0.15) is 11.8 Å². The highest BCUT2D eigenvalue weighted by Crippen LogP contribution is 2.40. The van der Waals surface area contributed by atoms with Gasteiger partial charge in [-0.15, -0.1) is 5.10 Å². The van der Waals surface area contributed by atoms with E-state index in [0.717, 1.165) is 12.0 Å². The van der Waals surface area contributed by atoms with E-state index >= 15 is 0 Å². The fourth-order valence-electron chi connectivity index (χ4n) is 3.34. The minimum absolute atomic E-state index is 0.0845. The van der Waals surface area contributed by atoms with Gasteiger partial charge in [0, 0.05) is 7.11 Å². The molecule has 2 aliphatic heterocycles. The number of nitrogens with zero attached hydrogens (tertiary/aromatic N) is 3. The molecule has 7 heteroatoms. The SMILES string of the molecule is COC(Cn1cc(C2(O)CC[C@H]3CO[C@@H]2O3)nn1)c1ccccc1. The van der Waals surface area contributed by atoms with Crippen molar-refractivity contribution in [2.45, 2.75) is 43.5 Å². The monoisotopic (exact) mass is 331 g/mol. The lowest BCUT2D eigenvalue weighted by molar-refractivity contribution is -0.219. The molecule has 128 valence electrons. The van der Waals surface area contributed by atoms with E-state index in [1.54, 1.807) is 18.0 Å². The van der Waals surface area contributed by atoms with Crippen molar-refractivity contribution in [3.8, 4) is 0 Å². The van der Waals surface area contributed by atoms with E-state index in [4.69, 9.17) is 14.2 Å². The Kier molecular flexibility index (Phi) is 4.09. The Balaban J connectivity index is 1.52. The minimum atomic E-state index is -1.24. The molecule has 2 unspecified atom stereocenters. The van der Waals surface area contributed by atoms with E-state index in [9.17, 15) is 5.11 Å². The molecule has 0 spiro atoms. The molecule has 2 aromatic rings. The van der Waals surface area contributed by atoms with Crippen LogP contribution in [0.15, 0.2) is 36.5 Å². The molecule has 2 bridgehead atoms. The highest BCUT2D eigenvalue weighted by Gasteiger charge is 2.51. The summed E-state index contributed by atoms with van der Waals surface area (Å²) < 4.78 is 18.5. The third-order valence-corrected chi connectivity index (χ3v) is 4.78. The van der Waals surface area contributed by atoms with E-state index in [1.807, 2.05) is 30.3 Å². The van der Waals surface area contributed by atoms with Crippen molar-refractivity contribution in [3.05, 3.63) is 47.8 Å². The van der Waals surface area contributed by atoms with Crippen LogP contribution in [-0.2, 0) is 26.4 Å². The Morgan fingerprint density at radius 2 is 2.25 bits per heavy atom. The zero-order valence-electron chi connectivity index (χ0n) is 13.5. The molecule has 0 aliphatic carbocycles. The van der Waals surface area contributed by atoms with Gasteiger partial charge in [-0.2, -0.15) is 0 Å². The van der Waals surface area contributed by atoms with Crippen molar-refractivity contribution in [1.82, 2.24) is 15.0 Å². The lowest BCUT2D eigenvalue weighted by Crippen LogP contribution is -2.44. The van der Waals surface area contributed by atoms with E-state index in [-0.39, 0.29) is 12.2 Å². The second kappa shape index (κ2) is 6.25. The maximum absolute atomic E-state index is 11.0. The molecular formula is C17H21N3O4. The van der Waals surface area contributed by atoms with Gasteiger partial charge in [0.2, 0.25) is 0 Å². The minimum Gasteiger partial charge on any atom is -0.378 e. The van der Waals surface area contributed by atoms with Crippen LogP contribution in [0.5, 0.6) is 0 Å². The summed E-state index contributed by atoms with van der Waals surface area (Å²) in [5, 5.41) is 19.3. The van der Waals surface area contributed by atoms with E-state index in [0.29, 0.717) is 25.3 Å². The van der Waals surface area contributed by atoms with E-state index < -0.39 is 11.9 Å². The van der Waals surface area contributed by atoms with Crippen LogP contribution in [0.4, 0.5) is 0 Å². The number of hydrogen-bond donors (Lipinski definition) is 1. The summed E-state index contributed by atoms with van der Waals surface area (Å²) in [6, 6.07) is 9.95. The summed E-state index contributed by atoms with van der Waals surface area (Å²) in [6.45, 7) is 1.04. The second-order valence-corrected chi connectivity index (χ2v) is 6.35. The molecule has 0 amide bonds. The van der Waals surface area contributed by atoms with Gasteiger partial charge in [-0.05, 0) is 18.4 Å². The Morgan fingerprint density at radius 3 is 3.04 bits per heavy atom. The maximum atomic E-state index is 11.0. The Labute approximate surface area is 140 Å². The van der Waals surface area contributed by atoms with Gasteiger partial charge in [0.25, 0.3) is 0 Å². The fraction of sp³-hybridized carbons (Fsp3) is 0.529. The number of fused-ring (bicyclic) bond motifs is 2. The summed E-state index contributed by atoms with van der Waals surface area (Å²) in [4.78, 5) is 0. The smallest absolute Gasteiger partial charge is 0.192 e. The van der Waals surface area contributed by atoms with Gasteiger partial charge >= 0.3 is 0 Å². The summed E-state index contributed by atoms with van der Waals surface area (Å²) >= 11 is 0. The van der Waals surface area contributed by atoms with Crippen LogP contribution < -0.4 is 0 Å². The van der Waals surface area contributed by atoms with Crippen molar-refractivity contribution >= 4 is 0 Å². The van der Waals surface area contributed by atoms with Crippen molar-refractivity contribution < 1.29 is 19.3 Å². The molecule has 2 aliphatic rings. The number of hydrogen-bond acceptors (Lipinski definition) is 6. The van der Waals surface area contributed by atoms with Crippen LogP contribution in [0, 0.1) is 0 Å². The summed E-state index contributed by atoms with van der Waals surface area (Å²) in [6.07, 6.45) is 2.36. The lowest BCUT2D eigenvalue weighted by Gasteiger charge is -2.34. The van der Waals surface area contributed by atoms with Crippen molar-refractivity contribution in [3.63, 3.8) is 0 Å². The standard InChI is InChI=1S/C17H21N3O4/c1-22-14(12-5-3-2-4-6-12)9-20-10-15(18-19-20)17(21)8-7-13-11-23-16(17)24-13/h2-6,10,13-14,16,21H,7-9,11H2,1H3/t13-,14?,16+,17?/m0/s1. The van der Waals surface area contributed by atoms with Crippen LogP contribution in [0.3, 0.4) is 0 Å². The van der Waals surface area contributed by atoms with E-state index in [2.05, 4.69) is 10.3 Å². The van der Waals surface area contributed by atoms with Gasteiger partial charge in [0.05, 0.1) is 25.5 Å². The molecule has 1 aromatic carbocycles. The molecule has 1 aromatic heterocycles. The van der Waals surface area contributed by atoms with Crippen molar-refractivity contribution in [2.75, 3.05) is 13.7 Å². The van der Waals surface area contributed by atoms with Gasteiger partial charge in [0.15, 0.2) is 11.9 Å². The maximum Gasteiger partial charge on any atom is 0.192 e. The first-order valence-corrected chi connectivity index (χ1v) is 8.17. The molecule has 2 saturated heterocycles. The number of benzene rings is 1. The number of methoxy groups -OCH3 is 1. The van der Waals surface area contributed by atoms with Crippen molar-refractivity contribution in [1.29, 1.82) is 0 Å². The molecule has 2 fully saturated rings. The van der Waals surface area contributed by atoms with E-state index in [1.165, 1.54) is 0 Å². The molecular weight excluding hydrogens is 310 g/mol. The molecule has 4 rings (SSSR count). The van der Waals surface area contributed by atoms with Crippen molar-refractivity contribution in [2.24, 2.45) is 0 Å². The lowest BCUT2D eigenvalue weighted by atomic mass is 9.90. The Bertz CT molecular complexity index is 692. The molecule has 3 heterocycles. The first-order valence-electron chi connectivity index (χ1n) is 8.17. The van der Waals surface area contributed by atoms with Crippen LogP contribution in [0.1, 0.15) is 30.2 Å². The number of aromatic nitrogens is 3. The van der Waals surface area contributed by atoms with Gasteiger partial charge < -0.3 is 19.3 Å². The predicted octanol–water partition coefficient (Wildman–Crippen LogP) is 1.39. The topological polar surface area (TPSA) is 78.6 Å². The third kappa shape index (κ3) is 2.73. The average molecular weight is 331 g/mol. The molecule has 1 N–H and O–H groups in total. The molecule has 4 atom stereocenters. The first kappa shape index (κ1) is 15.7. The summed E-state index contributed by atoms with van der Waals surface area (Å²) in [5.74, 6) is 0. The average Bonchev–Trinajstić information content (AvgIpc) is 3.26. The van der Waals surface area contributed by atoms with Crippen LogP contribution >= 0.6 is 0 Å². The fourth-order valence-corrected chi connectivity index (χ4v) is 3.34. The second-order valence-electron chi connectivity index (χ2n) is 6.35. The van der Waals surface area contributed by atoms with Gasteiger partial charge in [-0.25, -0.2) is 4.68 Å². The zero-order valence-corrected chi connectivity index (χ0v) is 13.5. The molecule has 7 nitrogen and oxygen atoms in total. The zero-order chi connectivity index (χ0) is 16.6. The van der Waals surface area contributed by atoms with Crippen LogP contribution in [0.25, 0.3) is 0 Å². The van der Waals surface area contributed by atoms with Gasteiger partial charge in [-0.3, -0.25) is 0 Å². The number of aliphatic hydroxyl groups is 1.